The molecule has 5 aromatic heterocycles. The van der Waals surface area contributed by atoms with Crippen molar-refractivity contribution in [1.82, 2.24) is 24.5 Å². The molecule has 2 aromatic carbocycles. The maximum absolute atomic E-state index is 12.3. The Balaban J connectivity index is 0.000000166. The first kappa shape index (κ1) is 39.7. The minimum absolute atomic E-state index is 0.0443. The lowest BCUT2D eigenvalue weighted by Crippen LogP contribution is -2.17. The Kier molecular flexibility index (Phi) is 11.4. The van der Waals surface area contributed by atoms with Crippen molar-refractivity contribution in [2.24, 2.45) is 0 Å². The van der Waals surface area contributed by atoms with Gasteiger partial charge in [-0.1, -0.05) is 0 Å². The second-order valence-electron chi connectivity index (χ2n) is 11.8. The van der Waals surface area contributed by atoms with Crippen molar-refractivity contribution in [1.29, 1.82) is 0 Å². The lowest BCUT2D eigenvalue weighted by molar-refractivity contribution is -0.275. The summed E-state index contributed by atoms with van der Waals surface area (Å²) in [5.41, 5.74) is 4.38. The molecule has 0 bridgehead atoms. The quantitative estimate of drug-likeness (QED) is 0.124. The molecule has 0 aliphatic carbocycles. The molecule has 0 amide bonds. The first-order chi connectivity index (χ1) is 27.0. The molecule has 0 unspecified atom stereocenters. The van der Waals surface area contributed by atoms with Gasteiger partial charge in [0.25, 0.3) is 0 Å². The highest BCUT2D eigenvalue weighted by Gasteiger charge is 2.32. The predicted molar refractivity (Wildman–Crippen MR) is 184 cm³/mol. The molecule has 1 N–H and O–H groups in total. The molecule has 0 saturated carbocycles. The van der Waals surface area contributed by atoms with E-state index < -0.39 is 18.5 Å². The molecule has 8 rings (SSSR count). The fraction of sp³-hybridized carbons (Fsp3) is 0.189. The Bertz CT molecular complexity index is 2540. The number of carbonyl (C=O) groups excluding carboxylic acids is 1. The number of fused-ring (bicyclic) bond motifs is 2. The van der Waals surface area contributed by atoms with Crippen LogP contribution in [0, 0.1) is 13.8 Å². The maximum atomic E-state index is 12.3. The average molecular weight is 800 g/mol. The van der Waals surface area contributed by atoms with Crippen LogP contribution in [0.2, 0.25) is 0 Å². The van der Waals surface area contributed by atoms with Crippen LogP contribution in [0.4, 0.5) is 26.3 Å². The van der Waals surface area contributed by atoms with E-state index in [0.29, 0.717) is 62.8 Å². The first-order valence-corrected chi connectivity index (χ1v) is 16.4. The van der Waals surface area contributed by atoms with E-state index >= 15 is 0 Å². The molecule has 57 heavy (non-hydrogen) atoms. The zero-order valence-corrected chi connectivity index (χ0v) is 29.4. The molecule has 1 aliphatic rings. The van der Waals surface area contributed by atoms with Gasteiger partial charge in [-0.15, -0.1) is 26.3 Å². The van der Waals surface area contributed by atoms with E-state index in [1.54, 1.807) is 38.1 Å². The second-order valence-corrected chi connectivity index (χ2v) is 11.8. The molecule has 14 nitrogen and oxygen atoms in total. The van der Waals surface area contributed by atoms with E-state index in [9.17, 15) is 35.9 Å². The molecule has 0 fully saturated rings. The Hall–Kier alpha value is -6.96. The van der Waals surface area contributed by atoms with E-state index in [4.69, 9.17) is 23.1 Å². The molecular formula is C37H27F6N5O9. The number of aliphatic hydroxyl groups excluding tert-OH is 1. The molecule has 0 atom stereocenters. The van der Waals surface area contributed by atoms with Crippen LogP contribution in [-0.2, 0) is 24.4 Å². The van der Waals surface area contributed by atoms with Crippen LogP contribution in [0.1, 0.15) is 28.9 Å². The van der Waals surface area contributed by atoms with E-state index in [1.807, 2.05) is 0 Å². The summed E-state index contributed by atoms with van der Waals surface area (Å²) in [5, 5.41) is 8.43. The summed E-state index contributed by atoms with van der Waals surface area (Å²) in [7, 11) is 0. The monoisotopic (exact) mass is 799 g/mol. The Morgan fingerprint density at radius 1 is 0.702 bits per heavy atom. The Labute approximate surface area is 315 Å². The number of pyridine rings is 2. The van der Waals surface area contributed by atoms with Gasteiger partial charge in [-0.05, 0) is 72.8 Å². The van der Waals surface area contributed by atoms with Crippen molar-refractivity contribution in [2.75, 3.05) is 0 Å². The number of aliphatic hydroxyl groups is 1. The maximum Gasteiger partial charge on any atom is 0.573 e. The summed E-state index contributed by atoms with van der Waals surface area (Å²) < 4.78 is 102. The van der Waals surface area contributed by atoms with Gasteiger partial charge in [-0.25, -0.2) is 24.7 Å². The van der Waals surface area contributed by atoms with Gasteiger partial charge in [0.05, 0.1) is 42.3 Å². The molecule has 0 radical (unpaired) electrons. The van der Waals surface area contributed by atoms with Crippen LogP contribution in [0.15, 0.2) is 103 Å². The highest BCUT2D eigenvalue weighted by Crippen LogP contribution is 2.30. The van der Waals surface area contributed by atoms with Crippen LogP contribution >= 0.6 is 0 Å². The van der Waals surface area contributed by atoms with Crippen molar-refractivity contribution in [3.8, 4) is 39.8 Å². The van der Waals surface area contributed by atoms with Gasteiger partial charge in [-0.2, -0.15) is 0 Å². The topological polar surface area (TPSA) is 178 Å². The number of carbonyl (C=O) groups is 1. The van der Waals surface area contributed by atoms with Gasteiger partial charge in [-0.3, -0.25) is 9.36 Å². The van der Waals surface area contributed by atoms with Gasteiger partial charge in [0.2, 0.25) is 0 Å². The fourth-order valence-electron chi connectivity index (χ4n) is 5.19. The van der Waals surface area contributed by atoms with Crippen molar-refractivity contribution < 1.29 is 63.7 Å². The van der Waals surface area contributed by atoms with Crippen molar-refractivity contribution in [3.63, 3.8) is 0 Å². The number of aryl methyl sites for hydroxylation is 2. The van der Waals surface area contributed by atoms with Crippen molar-refractivity contribution in [3.05, 3.63) is 125 Å². The third kappa shape index (κ3) is 10.6. The van der Waals surface area contributed by atoms with Gasteiger partial charge in [0.1, 0.15) is 29.7 Å². The molecule has 20 heteroatoms. The lowest BCUT2D eigenvalue weighted by atomic mass is 10.1. The third-order valence-electron chi connectivity index (χ3n) is 7.56. The normalized spacial score (nSPS) is 12.3. The third-order valence-corrected chi connectivity index (χ3v) is 7.56. The molecule has 296 valence electrons. The largest absolute Gasteiger partial charge is 0.573 e. The summed E-state index contributed by atoms with van der Waals surface area (Å²) in [4.78, 5) is 39.9. The number of esters is 1. The molecule has 6 heterocycles. The predicted octanol–water partition coefficient (Wildman–Crippen LogP) is 7.48. The van der Waals surface area contributed by atoms with Crippen LogP contribution in [0.3, 0.4) is 0 Å². The standard InChI is InChI=1S/C18H12F3N3O4.C14H8F3NO3.C5H7NO2/c1-10-22-12(9-26-10)8-24-16-15(27-17(24)25)7-6-14(23-16)11-2-4-13(5-3-11)28-18(19,20)21;15-14(16,17)21-9-3-1-8(2-4-9)10-5-6-12-11(18-10)7-13(19)20-12;1-4-6-5(2-7)3-8-4/h2-7,9H,8H2,1H3;1-6H,7H2;3,7H,2H2,1H3. The number of rotatable bonds is 7. The summed E-state index contributed by atoms with van der Waals surface area (Å²) in [6, 6.07) is 17.0. The molecule has 7 aromatic rings. The summed E-state index contributed by atoms with van der Waals surface area (Å²) >= 11 is 0. The number of halogens is 6. The second kappa shape index (κ2) is 16.4. The van der Waals surface area contributed by atoms with Crippen molar-refractivity contribution in [2.45, 2.75) is 46.1 Å². The van der Waals surface area contributed by atoms with Gasteiger partial charge in [0, 0.05) is 25.0 Å². The lowest BCUT2D eigenvalue weighted by Gasteiger charge is -2.09. The van der Waals surface area contributed by atoms with Gasteiger partial charge >= 0.3 is 24.5 Å². The number of ether oxygens (including phenoxy) is 3. The number of benzene rings is 2. The highest BCUT2D eigenvalue weighted by molar-refractivity contribution is 5.80. The summed E-state index contributed by atoms with van der Waals surface area (Å²) in [6.07, 6.45) is -6.51. The SMILES string of the molecule is Cc1nc(CO)co1.Cc1nc(Cn2c(=O)oc3ccc(-c4ccc(OC(F)(F)F)cc4)nc32)co1.O=C1Cc2nc(-c3ccc(OC(F)(F)F)cc3)ccc2O1. The molecule has 0 spiro atoms. The van der Waals surface area contributed by atoms with E-state index in [0.717, 1.165) is 0 Å². The van der Waals surface area contributed by atoms with E-state index in [1.165, 1.54) is 65.6 Å². The summed E-state index contributed by atoms with van der Waals surface area (Å²) in [5.74, 6) is -0.136. The van der Waals surface area contributed by atoms with Gasteiger partial charge in [0.15, 0.2) is 28.8 Å². The van der Waals surface area contributed by atoms with Crippen LogP contribution in [0.5, 0.6) is 17.2 Å². The zero-order valence-electron chi connectivity index (χ0n) is 29.4. The summed E-state index contributed by atoms with van der Waals surface area (Å²) in [6.45, 7) is 3.48. The van der Waals surface area contributed by atoms with Crippen molar-refractivity contribution >= 4 is 17.2 Å². The number of aromatic nitrogens is 5. The molecular weight excluding hydrogens is 772 g/mol. The van der Waals surface area contributed by atoms with Gasteiger partial charge < -0.3 is 32.6 Å². The zero-order chi connectivity index (χ0) is 40.9. The fourth-order valence-corrected chi connectivity index (χ4v) is 5.19. The molecule has 0 saturated heterocycles. The minimum atomic E-state index is -4.76. The van der Waals surface area contributed by atoms with Crippen LogP contribution in [0.25, 0.3) is 33.7 Å². The number of hydrogen-bond acceptors (Lipinski definition) is 13. The number of alkyl halides is 6. The van der Waals surface area contributed by atoms with E-state index in [-0.39, 0.29) is 42.6 Å². The first-order valence-electron chi connectivity index (χ1n) is 16.4. The Morgan fingerprint density at radius 2 is 1.23 bits per heavy atom. The highest BCUT2D eigenvalue weighted by atomic mass is 19.4. The Morgan fingerprint density at radius 3 is 1.72 bits per heavy atom. The minimum Gasteiger partial charge on any atom is -0.449 e. The smallest absolute Gasteiger partial charge is 0.449 e. The number of oxazole rings is 3. The van der Waals surface area contributed by atoms with E-state index in [2.05, 4.69) is 29.4 Å². The number of nitrogens with zero attached hydrogens (tertiary/aromatic N) is 5. The average Bonchev–Trinajstić information content (AvgIpc) is 3.94. The van der Waals surface area contributed by atoms with Crippen LogP contribution in [-0.4, -0.2) is 48.3 Å². The number of hydrogen-bond donors (Lipinski definition) is 1. The van der Waals surface area contributed by atoms with Crippen LogP contribution < -0.4 is 20.0 Å². The molecule has 1 aliphatic heterocycles.